The number of hydrogen-bond donors (Lipinski definition) is 1. The van der Waals surface area contributed by atoms with Gasteiger partial charge in [0.1, 0.15) is 0 Å². The summed E-state index contributed by atoms with van der Waals surface area (Å²) in [6.45, 7) is 7.16. The second kappa shape index (κ2) is 10.7. The number of rotatable bonds is 6. The number of ether oxygens (including phenoxy) is 1. The van der Waals surface area contributed by atoms with Crippen molar-refractivity contribution in [3.63, 3.8) is 0 Å². The van der Waals surface area contributed by atoms with Crippen LogP contribution in [0.15, 0.2) is 6.07 Å². The van der Waals surface area contributed by atoms with Crippen molar-refractivity contribution in [1.82, 2.24) is 15.1 Å². The number of thiophene rings is 1. The van der Waals surface area contributed by atoms with Crippen LogP contribution in [0.5, 0.6) is 0 Å². The Kier molecular flexibility index (Phi) is 7.79. The second-order valence-corrected chi connectivity index (χ2v) is 9.94. The monoisotopic (exact) mass is 433 g/mol. The van der Waals surface area contributed by atoms with Crippen LogP contribution >= 0.6 is 11.3 Å². The fraction of sp³-hybridized carbons (Fsp3) is 0.739. The molecular formula is C23H35N3O3S. The van der Waals surface area contributed by atoms with Gasteiger partial charge in [0.25, 0.3) is 5.91 Å². The Hall–Kier alpha value is -1.44. The zero-order valence-electron chi connectivity index (χ0n) is 18.0. The Morgan fingerprint density at radius 3 is 2.63 bits per heavy atom. The lowest BCUT2D eigenvalue weighted by molar-refractivity contribution is -0.125. The number of carbonyl (C=O) groups is 2. The number of morpholine rings is 1. The van der Waals surface area contributed by atoms with E-state index in [1.165, 1.54) is 23.3 Å². The molecule has 2 aliphatic heterocycles. The number of carbonyl (C=O) groups excluding carboxylic acids is 2. The Bertz CT molecular complexity index is 721. The Balaban J connectivity index is 1.24. The molecule has 2 fully saturated rings. The van der Waals surface area contributed by atoms with Crippen molar-refractivity contribution >= 4 is 23.2 Å². The first kappa shape index (κ1) is 21.8. The van der Waals surface area contributed by atoms with Gasteiger partial charge in [-0.25, -0.2) is 0 Å². The number of amides is 2. The van der Waals surface area contributed by atoms with Crippen LogP contribution in [0.4, 0.5) is 0 Å². The highest BCUT2D eigenvalue weighted by molar-refractivity contribution is 7.14. The van der Waals surface area contributed by atoms with E-state index >= 15 is 0 Å². The standard InChI is InChI=1S/C23H35N3O3S/c27-22(24-8-5-9-25-12-14-29-15-13-25)18-6-7-20-19(16-18)17-21(30-20)23(28)26-10-3-1-2-4-11-26/h17-18H,1-16H2,(H,24,27)/t18-/m0/s1. The van der Waals surface area contributed by atoms with Crippen LogP contribution in [0.2, 0.25) is 0 Å². The second-order valence-electron chi connectivity index (χ2n) is 8.80. The highest BCUT2D eigenvalue weighted by Crippen LogP contribution is 2.33. The van der Waals surface area contributed by atoms with Gasteiger partial charge in [-0.05, 0) is 56.7 Å². The third-order valence-electron chi connectivity index (χ3n) is 6.61. The Morgan fingerprint density at radius 1 is 1.10 bits per heavy atom. The summed E-state index contributed by atoms with van der Waals surface area (Å²) in [5.74, 6) is 0.409. The molecule has 0 spiro atoms. The summed E-state index contributed by atoms with van der Waals surface area (Å²) in [6, 6.07) is 2.07. The van der Waals surface area contributed by atoms with Crippen molar-refractivity contribution in [2.24, 2.45) is 5.92 Å². The summed E-state index contributed by atoms with van der Waals surface area (Å²) in [5, 5.41) is 3.14. The zero-order chi connectivity index (χ0) is 20.8. The predicted molar refractivity (Wildman–Crippen MR) is 119 cm³/mol. The van der Waals surface area contributed by atoms with Gasteiger partial charge < -0.3 is 15.0 Å². The maximum absolute atomic E-state index is 12.9. The summed E-state index contributed by atoms with van der Waals surface area (Å²) in [5.41, 5.74) is 1.22. The first-order chi connectivity index (χ1) is 14.7. The van der Waals surface area contributed by atoms with E-state index in [2.05, 4.69) is 16.3 Å². The summed E-state index contributed by atoms with van der Waals surface area (Å²) < 4.78 is 5.37. The molecule has 4 rings (SSSR count). The summed E-state index contributed by atoms with van der Waals surface area (Å²) in [4.78, 5) is 32.2. The van der Waals surface area contributed by atoms with Crippen molar-refractivity contribution in [3.05, 3.63) is 21.4 Å². The molecule has 1 aromatic rings. The fourth-order valence-corrected chi connectivity index (χ4v) is 5.94. The highest BCUT2D eigenvalue weighted by Gasteiger charge is 2.28. The Morgan fingerprint density at radius 2 is 1.87 bits per heavy atom. The maximum Gasteiger partial charge on any atom is 0.263 e. The summed E-state index contributed by atoms with van der Waals surface area (Å²) in [7, 11) is 0. The minimum Gasteiger partial charge on any atom is -0.379 e. The van der Waals surface area contributed by atoms with Gasteiger partial charge in [-0.3, -0.25) is 14.5 Å². The average Bonchev–Trinajstić information content (AvgIpc) is 3.01. The Labute approximate surface area is 183 Å². The van der Waals surface area contributed by atoms with Gasteiger partial charge in [-0.1, -0.05) is 12.8 Å². The fourth-order valence-electron chi connectivity index (χ4n) is 4.77. The lowest BCUT2D eigenvalue weighted by Gasteiger charge is -2.26. The van der Waals surface area contributed by atoms with E-state index in [0.717, 1.165) is 95.9 Å². The van der Waals surface area contributed by atoms with Crippen molar-refractivity contribution in [2.75, 3.05) is 52.5 Å². The third-order valence-corrected chi connectivity index (χ3v) is 7.84. The summed E-state index contributed by atoms with van der Waals surface area (Å²) >= 11 is 1.66. The summed E-state index contributed by atoms with van der Waals surface area (Å²) in [6.07, 6.45) is 8.25. The van der Waals surface area contributed by atoms with E-state index in [9.17, 15) is 9.59 Å². The number of aryl methyl sites for hydroxylation is 1. The van der Waals surface area contributed by atoms with Crippen LogP contribution in [-0.2, 0) is 22.4 Å². The van der Waals surface area contributed by atoms with Gasteiger partial charge in [0.15, 0.2) is 0 Å². The van der Waals surface area contributed by atoms with Crippen LogP contribution in [0.3, 0.4) is 0 Å². The normalized spacial score (nSPS) is 22.9. The molecule has 0 radical (unpaired) electrons. The number of nitrogens with zero attached hydrogens (tertiary/aromatic N) is 2. The van der Waals surface area contributed by atoms with Crippen molar-refractivity contribution in [2.45, 2.75) is 51.4 Å². The SMILES string of the molecule is O=C(NCCCN1CCOCC1)[C@H]1CCc2sc(C(=O)N3CCCCCC3)cc2C1. The van der Waals surface area contributed by atoms with Gasteiger partial charge in [0, 0.05) is 43.5 Å². The van der Waals surface area contributed by atoms with Gasteiger partial charge in [0.05, 0.1) is 18.1 Å². The van der Waals surface area contributed by atoms with E-state index in [0.29, 0.717) is 0 Å². The molecule has 166 valence electrons. The van der Waals surface area contributed by atoms with Crippen LogP contribution in [-0.4, -0.2) is 74.1 Å². The molecule has 6 nitrogen and oxygen atoms in total. The molecule has 2 amide bonds. The average molecular weight is 434 g/mol. The van der Waals surface area contributed by atoms with Crippen molar-refractivity contribution in [3.8, 4) is 0 Å². The lowest BCUT2D eigenvalue weighted by Crippen LogP contribution is -2.39. The molecular weight excluding hydrogens is 398 g/mol. The van der Waals surface area contributed by atoms with Crippen molar-refractivity contribution in [1.29, 1.82) is 0 Å². The van der Waals surface area contributed by atoms with Crippen LogP contribution in [0.25, 0.3) is 0 Å². The topological polar surface area (TPSA) is 61.9 Å². The van der Waals surface area contributed by atoms with E-state index < -0.39 is 0 Å². The van der Waals surface area contributed by atoms with Crippen LogP contribution in [0.1, 0.15) is 58.6 Å². The number of hydrogen-bond acceptors (Lipinski definition) is 5. The van der Waals surface area contributed by atoms with Gasteiger partial charge >= 0.3 is 0 Å². The van der Waals surface area contributed by atoms with Gasteiger partial charge in [-0.2, -0.15) is 0 Å². The van der Waals surface area contributed by atoms with E-state index in [1.807, 2.05) is 4.90 Å². The predicted octanol–water partition coefficient (Wildman–Crippen LogP) is 2.71. The van der Waals surface area contributed by atoms with Crippen LogP contribution < -0.4 is 5.32 Å². The molecule has 1 atom stereocenters. The lowest BCUT2D eigenvalue weighted by atomic mass is 9.87. The van der Waals surface area contributed by atoms with Crippen molar-refractivity contribution < 1.29 is 14.3 Å². The molecule has 3 heterocycles. The molecule has 2 saturated heterocycles. The molecule has 0 bridgehead atoms. The molecule has 1 N–H and O–H groups in total. The molecule has 7 heteroatoms. The van der Waals surface area contributed by atoms with E-state index in [1.54, 1.807) is 11.3 Å². The van der Waals surface area contributed by atoms with Gasteiger partial charge in [-0.15, -0.1) is 11.3 Å². The van der Waals surface area contributed by atoms with Crippen LogP contribution in [0, 0.1) is 5.92 Å². The minimum absolute atomic E-state index is 0.0385. The first-order valence-corrected chi connectivity index (χ1v) is 12.5. The molecule has 30 heavy (non-hydrogen) atoms. The first-order valence-electron chi connectivity index (χ1n) is 11.7. The molecule has 0 saturated carbocycles. The maximum atomic E-state index is 12.9. The van der Waals surface area contributed by atoms with E-state index in [-0.39, 0.29) is 17.7 Å². The van der Waals surface area contributed by atoms with E-state index in [4.69, 9.17) is 4.74 Å². The number of fused-ring (bicyclic) bond motifs is 1. The molecule has 1 aliphatic carbocycles. The molecule has 0 aromatic carbocycles. The molecule has 1 aromatic heterocycles. The number of likely N-dealkylation sites (tertiary alicyclic amines) is 1. The van der Waals surface area contributed by atoms with Gasteiger partial charge in [0.2, 0.25) is 5.91 Å². The highest BCUT2D eigenvalue weighted by atomic mass is 32.1. The largest absolute Gasteiger partial charge is 0.379 e. The number of nitrogens with one attached hydrogen (secondary N) is 1. The minimum atomic E-state index is 0.0385. The third kappa shape index (κ3) is 5.62. The quantitative estimate of drug-likeness (QED) is 0.701. The molecule has 0 unspecified atom stereocenters. The zero-order valence-corrected chi connectivity index (χ0v) is 18.8. The smallest absolute Gasteiger partial charge is 0.263 e. The molecule has 3 aliphatic rings.